The van der Waals surface area contributed by atoms with Crippen molar-refractivity contribution in [2.75, 3.05) is 0 Å². The number of benzene rings is 1. The van der Waals surface area contributed by atoms with Gasteiger partial charge in [0.1, 0.15) is 5.60 Å². The summed E-state index contributed by atoms with van der Waals surface area (Å²) in [5.74, 6) is 5.85. The Morgan fingerprint density at radius 1 is 0.909 bits per heavy atom. The minimum absolute atomic E-state index is 0. The SMILES string of the molecule is CC(O)(C#CC1=C[CH]C=C1)c1ccccc1.[CH]1C=CC=C1.[Fe]. The van der Waals surface area contributed by atoms with Crippen LogP contribution in [0.1, 0.15) is 12.5 Å². The molecule has 0 aromatic heterocycles. The summed E-state index contributed by atoms with van der Waals surface area (Å²) in [5.41, 5.74) is 0.642. The first-order valence-electron chi connectivity index (χ1n) is 6.88. The van der Waals surface area contributed by atoms with Crippen molar-refractivity contribution in [1.82, 2.24) is 0 Å². The molecule has 0 saturated heterocycles. The van der Waals surface area contributed by atoms with E-state index < -0.39 is 5.60 Å². The Bertz CT molecular complexity index is 627. The normalized spacial score (nSPS) is 16.5. The summed E-state index contributed by atoms with van der Waals surface area (Å²) in [6, 6.07) is 9.46. The number of rotatable bonds is 1. The maximum Gasteiger partial charge on any atom is 0.148 e. The van der Waals surface area contributed by atoms with E-state index in [0.717, 1.165) is 11.1 Å². The van der Waals surface area contributed by atoms with Crippen molar-refractivity contribution < 1.29 is 22.2 Å². The average Bonchev–Trinajstić information content (AvgIpc) is 3.22. The third-order valence-electron chi connectivity index (χ3n) is 3.00. The molecule has 2 aliphatic rings. The summed E-state index contributed by atoms with van der Waals surface area (Å²) in [4.78, 5) is 0. The van der Waals surface area contributed by atoms with Crippen LogP contribution in [0.15, 0.2) is 78.4 Å². The Morgan fingerprint density at radius 3 is 2.09 bits per heavy atom. The fourth-order valence-corrected chi connectivity index (χ4v) is 1.81. The first kappa shape index (κ1) is 18.3. The zero-order valence-corrected chi connectivity index (χ0v) is 13.5. The van der Waals surface area contributed by atoms with Gasteiger partial charge >= 0.3 is 0 Å². The molecule has 0 saturated carbocycles. The van der Waals surface area contributed by atoms with E-state index in [9.17, 15) is 5.11 Å². The summed E-state index contributed by atoms with van der Waals surface area (Å²) < 4.78 is 0. The maximum absolute atomic E-state index is 10.2. The molecular formula is C20H18FeO. The summed E-state index contributed by atoms with van der Waals surface area (Å²) in [7, 11) is 0. The van der Waals surface area contributed by atoms with Gasteiger partial charge in [0.25, 0.3) is 0 Å². The number of aliphatic hydroxyl groups is 1. The molecule has 1 aromatic rings. The predicted octanol–water partition coefficient (Wildman–Crippen LogP) is 3.91. The van der Waals surface area contributed by atoms with Gasteiger partial charge in [0, 0.05) is 35.5 Å². The molecule has 2 radical (unpaired) electrons. The van der Waals surface area contributed by atoms with Crippen LogP contribution in [0, 0.1) is 24.7 Å². The average molecular weight is 330 g/mol. The van der Waals surface area contributed by atoms with Crippen molar-refractivity contribution in [3.8, 4) is 11.8 Å². The van der Waals surface area contributed by atoms with Crippen LogP contribution in [0.2, 0.25) is 0 Å². The van der Waals surface area contributed by atoms with Gasteiger partial charge < -0.3 is 5.11 Å². The first-order valence-corrected chi connectivity index (χ1v) is 6.88. The molecule has 112 valence electrons. The van der Waals surface area contributed by atoms with Crippen LogP contribution in [0.25, 0.3) is 0 Å². The standard InChI is InChI=1S/C15H13O.C5H5.Fe/c1-15(16,14-9-3-2-4-10-14)12-11-13-7-5-6-8-13;1-2-4-5-3-1;/h2-10,16H,1H3;1-5H;. The summed E-state index contributed by atoms with van der Waals surface area (Å²) in [6.45, 7) is 1.71. The molecule has 1 nitrogen and oxygen atoms in total. The van der Waals surface area contributed by atoms with Gasteiger partial charge in [-0.2, -0.15) is 0 Å². The van der Waals surface area contributed by atoms with Crippen molar-refractivity contribution >= 4 is 0 Å². The first-order chi connectivity index (χ1) is 10.2. The van der Waals surface area contributed by atoms with Crippen molar-refractivity contribution in [3.05, 3.63) is 96.8 Å². The topological polar surface area (TPSA) is 20.2 Å². The predicted molar refractivity (Wildman–Crippen MR) is 87.9 cm³/mol. The van der Waals surface area contributed by atoms with E-state index in [4.69, 9.17) is 0 Å². The van der Waals surface area contributed by atoms with Crippen LogP contribution in [0.5, 0.6) is 0 Å². The summed E-state index contributed by atoms with van der Waals surface area (Å²) in [5, 5.41) is 10.2. The molecule has 3 rings (SSSR count). The Hall–Kier alpha value is -1.78. The van der Waals surface area contributed by atoms with Gasteiger partial charge in [0.15, 0.2) is 0 Å². The van der Waals surface area contributed by atoms with E-state index >= 15 is 0 Å². The minimum Gasteiger partial charge on any atom is -0.374 e. The largest absolute Gasteiger partial charge is 0.374 e. The molecule has 2 aliphatic carbocycles. The molecule has 0 aliphatic heterocycles. The number of allylic oxidation sites excluding steroid dienone is 8. The van der Waals surface area contributed by atoms with Crippen LogP contribution in [-0.4, -0.2) is 5.11 Å². The zero-order valence-electron chi connectivity index (χ0n) is 12.4. The van der Waals surface area contributed by atoms with Gasteiger partial charge in [-0.05, 0) is 12.5 Å². The van der Waals surface area contributed by atoms with Crippen LogP contribution in [0.3, 0.4) is 0 Å². The molecule has 0 bridgehead atoms. The summed E-state index contributed by atoms with van der Waals surface area (Å²) in [6.07, 6.45) is 17.7. The quantitative estimate of drug-likeness (QED) is 0.611. The van der Waals surface area contributed by atoms with E-state index in [1.807, 2.05) is 85.7 Å². The van der Waals surface area contributed by atoms with E-state index in [2.05, 4.69) is 11.8 Å². The Morgan fingerprint density at radius 2 is 1.59 bits per heavy atom. The second-order valence-electron chi connectivity index (χ2n) is 4.82. The third-order valence-corrected chi connectivity index (χ3v) is 3.00. The monoisotopic (exact) mass is 330 g/mol. The van der Waals surface area contributed by atoms with E-state index in [0.29, 0.717) is 0 Å². The van der Waals surface area contributed by atoms with Gasteiger partial charge in [-0.25, -0.2) is 0 Å². The van der Waals surface area contributed by atoms with Crippen molar-refractivity contribution in [3.63, 3.8) is 0 Å². The van der Waals surface area contributed by atoms with Crippen molar-refractivity contribution in [2.45, 2.75) is 12.5 Å². The maximum atomic E-state index is 10.2. The number of hydrogen-bond donors (Lipinski definition) is 1. The Labute approximate surface area is 143 Å². The number of hydrogen-bond acceptors (Lipinski definition) is 1. The van der Waals surface area contributed by atoms with Crippen LogP contribution in [-0.2, 0) is 22.7 Å². The molecule has 0 heterocycles. The molecule has 0 amide bonds. The van der Waals surface area contributed by atoms with Crippen LogP contribution in [0.4, 0.5) is 0 Å². The molecule has 0 spiro atoms. The van der Waals surface area contributed by atoms with E-state index in [-0.39, 0.29) is 17.1 Å². The van der Waals surface area contributed by atoms with Gasteiger partial charge in [0.2, 0.25) is 0 Å². The minimum atomic E-state index is -1.10. The van der Waals surface area contributed by atoms with Gasteiger partial charge in [0.05, 0.1) is 0 Å². The smallest absolute Gasteiger partial charge is 0.148 e. The molecule has 1 unspecified atom stereocenters. The molecule has 0 fully saturated rings. The fourth-order valence-electron chi connectivity index (χ4n) is 1.81. The molecule has 2 heteroatoms. The Kier molecular flexibility index (Phi) is 7.71. The Balaban J connectivity index is 0.000000344. The molecule has 1 atom stereocenters. The molecular weight excluding hydrogens is 312 g/mol. The fraction of sp³-hybridized carbons (Fsp3) is 0.100. The van der Waals surface area contributed by atoms with Crippen molar-refractivity contribution in [2.24, 2.45) is 0 Å². The van der Waals surface area contributed by atoms with Gasteiger partial charge in [-0.3, -0.25) is 0 Å². The second kappa shape index (κ2) is 9.28. The van der Waals surface area contributed by atoms with Crippen molar-refractivity contribution in [1.29, 1.82) is 0 Å². The van der Waals surface area contributed by atoms with Crippen LogP contribution >= 0.6 is 0 Å². The molecule has 22 heavy (non-hydrogen) atoms. The van der Waals surface area contributed by atoms with E-state index in [1.165, 1.54) is 0 Å². The summed E-state index contributed by atoms with van der Waals surface area (Å²) >= 11 is 0. The van der Waals surface area contributed by atoms with E-state index in [1.54, 1.807) is 6.92 Å². The second-order valence-corrected chi connectivity index (χ2v) is 4.82. The third kappa shape index (κ3) is 5.92. The zero-order chi connectivity index (χ0) is 15.0. The molecule has 1 N–H and O–H groups in total. The van der Waals surface area contributed by atoms with Gasteiger partial charge in [-0.1, -0.05) is 84.7 Å². The molecule has 1 aromatic carbocycles. The van der Waals surface area contributed by atoms with Gasteiger partial charge in [-0.15, -0.1) is 0 Å². The van der Waals surface area contributed by atoms with Crippen LogP contribution < -0.4 is 0 Å².